The lowest BCUT2D eigenvalue weighted by atomic mass is 9.92. The van der Waals surface area contributed by atoms with Crippen molar-refractivity contribution in [2.24, 2.45) is 11.3 Å². The van der Waals surface area contributed by atoms with Crippen LogP contribution in [0.5, 0.6) is 0 Å². The van der Waals surface area contributed by atoms with E-state index in [9.17, 15) is 4.79 Å². The van der Waals surface area contributed by atoms with E-state index in [-0.39, 0.29) is 17.4 Å². The Morgan fingerprint density at radius 1 is 1.39 bits per heavy atom. The van der Waals surface area contributed by atoms with Gasteiger partial charge in [0, 0.05) is 33.2 Å². The molecule has 1 unspecified atom stereocenters. The molecule has 1 aliphatic rings. The molecule has 0 aromatic heterocycles. The van der Waals surface area contributed by atoms with Gasteiger partial charge in [-0.05, 0) is 18.4 Å². The summed E-state index contributed by atoms with van der Waals surface area (Å²) < 4.78 is 0. The molecule has 1 rings (SSSR count). The number of carbonyl (C=O) groups excluding carboxylic acids is 1. The minimum absolute atomic E-state index is 0.0239. The van der Waals surface area contributed by atoms with Gasteiger partial charge in [0.25, 0.3) is 0 Å². The van der Waals surface area contributed by atoms with Gasteiger partial charge in [-0.1, -0.05) is 27.7 Å². The Kier molecular flexibility index (Phi) is 5.17. The van der Waals surface area contributed by atoms with Gasteiger partial charge in [-0.3, -0.25) is 9.69 Å². The van der Waals surface area contributed by atoms with Crippen molar-refractivity contribution < 1.29 is 4.79 Å². The van der Waals surface area contributed by atoms with E-state index in [2.05, 4.69) is 37.9 Å². The van der Waals surface area contributed by atoms with Gasteiger partial charge < -0.3 is 10.2 Å². The van der Waals surface area contributed by atoms with Crippen molar-refractivity contribution >= 4 is 5.91 Å². The Morgan fingerprint density at radius 2 is 2.00 bits per heavy atom. The fourth-order valence-electron chi connectivity index (χ4n) is 2.91. The van der Waals surface area contributed by atoms with Gasteiger partial charge in [-0.15, -0.1) is 0 Å². The molecule has 1 heterocycles. The first-order chi connectivity index (χ1) is 8.26. The second-order valence-corrected chi connectivity index (χ2v) is 6.76. The number of nitrogens with one attached hydrogen (secondary N) is 1. The van der Waals surface area contributed by atoms with Crippen LogP contribution in [0.25, 0.3) is 0 Å². The predicted molar refractivity (Wildman–Crippen MR) is 75.5 cm³/mol. The molecule has 0 aromatic carbocycles. The SMILES string of the molecule is CNCC1C(=O)N(C)CC(C)(C)CN1CC(C)C. The van der Waals surface area contributed by atoms with Crippen LogP contribution in [-0.4, -0.2) is 62.0 Å². The average Bonchev–Trinajstić information content (AvgIpc) is 2.28. The molecule has 0 saturated carbocycles. The molecule has 4 nitrogen and oxygen atoms in total. The number of carbonyl (C=O) groups is 1. The molecule has 1 saturated heterocycles. The van der Waals surface area contributed by atoms with Crippen molar-refractivity contribution in [3.05, 3.63) is 0 Å². The number of amides is 1. The van der Waals surface area contributed by atoms with Crippen molar-refractivity contribution in [1.82, 2.24) is 15.1 Å². The van der Waals surface area contributed by atoms with Crippen LogP contribution in [-0.2, 0) is 4.79 Å². The van der Waals surface area contributed by atoms with Crippen LogP contribution in [0.3, 0.4) is 0 Å². The van der Waals surface area contributed by atoms with Gasteiger partial charge in [-0.25, -0.2) is 0 Å². The fourth-order valence-corrected chi connectivity index (χ4v) is 2.91. The van der Waals surface area contributed by atoms with Crippen molar-refractivity contribution in [3.63, 3.8) is 0 Å². The highest BCUT2D eigenvalue weighted by Gasteiger charge is 2.37. The molecule has 1 N–H and O–H groups in total. The maximum atomic E-state index is 12.5. The van der Waals surface area contributed by atoms with Gasteiger partial charge in [0.05, 0.1) is 0 Å². The van der Waals surface area contributed by atoms with Gasteiger partial charge in [0.1, 0.15) is 6.04 Å². The maximum Gasteiger partial charge on any atom is 0.241 e. The molecule has 0 aliphatic carbocycles. The highest BCUT2D eigenvalue weighted by atomic mass is 16.2. The van der Waals surface area contributed by atoms with Crippen LogP contribution in [0.2, 0.25) is 0 Å². The van der Waals surface area contributed by atoms with Crippen LogP contribution >= 0.6 is 0 Å². The third-order valence-electron chi connectivity index (χ3n) is 3.40. The largest absolute Gasteiger partial charge is 0.344 e. The lowest BCUT2D eigenvalue weighted by Gasteiger charge is -2.33. The Morgan fingerprint density at radius 3 is 2.50 bits per heavy atom. The summed E-state index contributed by atoms with van der Waals surface area (Å²) >= 11 is 0. The van der Waals surface area contributed by atoms with Crippen molar-refractivity contribution in [2.75, 3.05) is 40.3 Å². The summed E-state index contributed by atoms with van der Waals surface area (Å²) in [4.78, 5) is 16.7. The van der Waals surface area contributed by atoms with E-state index >= 15 is 0 Å². The van der Waals surface area contributed by atoms with E-state index < -0.39 is 0 Å². The summed E-state index contributed by atoms with van der Waals surface area (Å²) in [5, 5.41) is 3.16. The summed E-state index contributed by atoms with van der Waals surface area (Å²) in [7, 11) is 3.84. The van der Waals surface area contributed by atoms with Crippen LogP contribution in [0.15, 0.2) is 0 Å². The molecule has 1 atom stereocenters. The third-order valence-corrected chi connectivity index (χ3v) is 3.40. The molecule has 1 amide bonds. The van der Waals surface area contributed by atoms with E-state index in [1.807, 2.05) is 19.0 Å². The van der Waals surface area contributed by atoms with E-state index in [4.69, 9.17) is 0 Å². The Balaban J connectivity index is 2.95. The number of rotatable bonds is 4. The molecule has 106 valence electrons. The second kappa shape index (κ2) is 6.02. The van der Waals surface area contributed by atoms with Crippen LogP contribution in [0, 0.1) is 11.3 Å². The van der Waals surface area contributed by atoms with Gasteiger partial charge in [-0.2, -0.15) is 0 Å². The zero-order valence-electron chi connectivity index (χ0n) is 12.8. The van der Waals surface area contributed by atoms with E-state index in [0.717, 1.165) is 26.2 Å². The van der Waals surface area contributed by atoms with E-state index in [0.29, 0.717) is 5.92 Å². The number of hydrogen-bond acceptors (Lipinski definition) is 3. The normalized spacial score (nSPS) is 25.6. The summed E-state index contributed by atoms with van der Waals surface area (Å²) in [6, 6.07) is -0.0239. The Labute approximate surface area is 112 Å². The van der Waals surface area contributed by atoms with Gasteiger partial charge in [0.15, 0.2) is 0 Å². The minimum Gasteiger partial charge on any atom is -0.344 e. The van der Waals surface area contributed by atoms with Gasteiger partial charge >= 0.3 is 0 Å². The van der Waals surface area contributed by atoms with Gasteiger partial charge in [0.2, 0.25) is 5.91 Å². The molecular formula is C14H29N3O. The highest BCUT2D eigenvalue weighted by molar-refractivity contribution is 5.82. The zero-order chi connectivity index (χ0) is 13.9. The van der Waals surface area contributed by atoms with E-state index in [1.165, 1.54) is 0 Å². The first-order valence-electron chi connectivity index (χ1n) is 6.90. The third kappa shape index (κ3) is 3.95. The summed E-state index contributed by atoms with van der Waals surface area (Å²) in [6.45, 7) is 12.4. The quantitative estimate of drug-likeness (QED) is 0.815. The monoisotopic (exact) mass is 255 g/mol. The molecule has 0 aromatic rings. The zero-order valence-corrected chi connectivity index (χ0v) is 12.8. The maximum absolute atomic E-state index is 12.5. The van der Waals surface area contributed by atoms with Crippen molar-refractivity contribution in [1.29, 1.82) is 0 Å². The topological polar surface area (TPSA) is 35.6 Å². The average molecular weight is 255 g/mol. The fraction of sp³-hybridized carbons (Fsp3) is 0.929. The molecule has 18 heavy (non-hydrogen) atoms. The molecule has 4 heteroatoms. The van der Waals surface area contributed by atoms with Crippen LogP contribution in [0.1, 0.15) is 27.7 Å². The number of hydrogen-bond donors (Lipinski definition) is 1. The smallest absolute Gasteiger partial charge is 0.241 e. The molecule has 0 radical (unpaired) electrons. The van der Waals surface area contributed by atoms with Crippen molar-refractivity contribution in [2.45, 2.75) is 33.7 Å². The Hall–Kier alpha value is -0.610. The first-order valence-corrected chi connectivity index (χ1v) is 6.90. The van der Waals surface area contributed by atoms with E-state index in [1.54, 1.807) is 0 Å². The lowest BCUT2D eigenvalue weighted by Crippen LogP contribution is -2.51. The molecule has 0 bridgehead atoms. The lowest BCUT2D eigenvalue weighted by molar-refractivity contribution is -0.134. The molecule has 1 fully saturated rings. The number of nitrogens with zero attached hydrogens (tertiary/aromatic N) is 2. The minimum atomic E-state index is -0.0239. The standard InChI is InChI=1S/C14H29N3O/c1-11(2)8-17-10-14(3,4)9-16(6)13(18)12(17)7-15-5/h11-12,15H,7-10H2,1-6H3. The molecular weight excluding hydrogens is 226 g/mol. The Bertz CT molecular complexity index is 289. The molecule has 1 aliphatic heterocycles. The summed E-state index contributed by atoms with van der Waals surface area (Å²) in [5.74, 6) is 0.826. The van der Waals surface area contributed by atoms with Crippen LogP contribution in [0.4, 0.5) is 0 Å². The van der Waals surface area contributed by atoms with Crippen LogP contribution < -0.4 is 5.32 Å². The first kappa shape index (κ1) is 15.4. The molecule has 0 spiro atoms. The van der Waals surface area contributed by atoms with Crippen molar-refractivity contribution in [3.8, 4) is 0 Å². The predicted octanol–water partition coefficient (Wildman–Crippen LogP) is 1.03. The number of likely N-dealkylation sites (N-methyl/N-ethyl adjacent to an activating group) is 2. The second-order valence-electron chi connectivity index (χ2n) is 6.76. The highest BCUT2D eigenvalue weighted by Crippen LogP contribution is 2.25. The summed E-state index contributed by atoms with van der Waals surface area (Å²) in [6.07, 6.45) is 0. The summed E-state index contributed by atoms with van der Waals surface area (Å²) in [5.41, 5.74) is 0.155.